The Balaban J connectivity index is 2.10. The van der Waals surface area contributed by atoms with Crippen LogP contribution in [0.15, 0.2) is 53.4 Å². The molecule has 0 atom stereocenters. The van der Waals surface area contributed by atoms with Crippen molar-refractivity contribution < 1.29 is 9.50 Å². The van der Waals surface area contributed by atoms with Gasteiger partial charge in [0.05, 0.1) is 0 Å². The van der Waals surface area contributed by atoms with E-state index in [1.807, 2.05) is 36.4 Å². The van der Waals surface area contributed by atoms with Crippen molar-refractivity contribution >= 4 is 11.8 Å². The van der Waals surface area contributed by atoms with Gasteiger partial charge in [0, 0.05) is 16.2 Å². The van der Waals surface area contributed by atoms with Crippen LogP contribution in [0.5, 0.6) is 0 Å². The van der Waals surface area contributed by atoms with E-state index in [-0.39, 0.29) is 12.4 Å². The van der Waals surface area contributed by atoms with E-state index in [4.69, 9.17) is 5.11 Å². The Bertz CT molecular complexity index is 599. The average molecular weight is 272 g/mol. The lowest BCUT2D eigenvalue weighted by Gasteiger charge is -2.03. The van der Waals surface area contributed by atoms with Crippen LogP contribution in [-0.2, 0) is 5.75 Å². The minimum Gasteiger partial charge on any atom is -0.384 e. The van der Waals surface area contributed by atoms with Crippen molar-refractivity contribution in [1.29, 1.82) is 0 Å². The zero-order valence-electron chi connectivity index (χ0n) is 10.3. The average Bonchev–Trinajstić information content (AvgIpc) is 2.43. The second kappa shape index (κ2) is 6.98. The first-order valence-electron chi connectivity index (χ1n) is 5.85. The molecule has 1 nitrogen and oxygen atoms in total. The molecule has 0 saturated carbocycles. The molecule has 0 fully saturated rings. The maximum atomic E-state index is 13.4. The van der Waals surface area contributed by atoms with Gasteiger partial charge in [0.2, 0.25) is 0 Å². The fraction of sp³-hybridized carbons (Fsp3) is 0.125. The second-order valence-corrected chi connectivity index (χ2v) is 4.96. The van der Waals surface area contributed by atoms with E-state index < -0.39 is 0 Å². The summed E-state index contributed by atoms with van der Waals surface area (Å²) in [4.78, 5) is 1.15. The van der Waals surface area contributed by atoms with E-state index in [2.05, 4.69) is 11.8 Å². The third-order valence-electron chi connectivity index (χ3n) is 2.42. The van der Waals surface area contributed by atoms with Gasteiger partial charge in [0.25, 0.3) is 0 Å². The number of hydrogen-bond acceptors (Lipinski definition) is 2. The number of aliphatic hydroxyl groups is 1. The van der Waals surface area contributed by atoms with Gasteiger partial charge < -0.3 is 5.11 Å². The van der Waals surface area contributed by atoms with Crippen molar-refractivity contribution in [2.75, 3.05) is 6.61 Å². The highest BCUT2D eigenvalue weighted by Gasteiger charge is 2.01. The molecule has 0 aliphatic carbocycles. The molecule has 96 valence electrons. The molecule has 0 aliphatic heterocycles. The SMILES string of the molecule is OCC#Cc1cc(F)cc(CSc2ccccc2)c1. The number of rotatable bonds is 3. The number of hydrogen-bond donors (Lipinski definition) is 1. The molecular formula is C16H13FOS. The molecule has 2 rings (SSSR count). The lowest BCUT2D eigenvalue weighted by atomic mass is 10.1. The van der Waals surface area contributed by atoms with Gasteiger partial charge in [0.15, 0.2) is 0 Å². The lowest BCUT2D eigenvalue weighted by molar-refractivity contribution is 0.350. The van der Waals surface area contributed by atoms with Crippen molar-refractivity contribution in [1.82, 2.24) is 0 Å². The molecular weight excluding hydrogens is 259 g/mol. The van der Waals surface area contributed by atoms with Crippen molar-refractivity contribution in [2.45, 2.75) is 10.6 Å². The minimum atomic E-state index is -0.298. The van der Waals surface area contributed by atoms with Crippen molar-refractivity contribution in [2.24, 2.45) is 0 Å². The third kappa shape index (κ3) is 4.44. The number of benzene rings is 2. The molecule has 0 spiro atoms. The van der Waals surface area contributed by atoms with E-state index in [1.165, 1.54) is 12.1 Å². The summed E-state index contributed by atoms with van der Waals surface area (Å²) in [5.41, 5.74) is 1.48. The largest absolute Gasteiger partial charge is 0.384 e. The zero-order chi connectivity index (χ0) is 13.5. The van der Waals surface area contributed by atoms with Crippen LogP contribution < -0.4 is 0 Å². The maximum absolute atomic E-state index is 13.4. The smallest absolute Gasteiger partial charge is 0.124 e. The Labute approximate surface area is 116 Å². The molecule has 0 aromatic heterocycles. The van der Waals surface area contributed by atoms with Crippen LogP contribution in [-0.4, -0.2) is 11.7 Å². The predicted octanol–water partition coefficient (Wildman–Crippen LogP) is 3.46. The lowest BCUT2D eigenvalue weighted by Crippen LogP contribution is -1.87. The summed E-state index contributed by atoms with van der Waals surface area (Å²) in [5, 5.41) is 8.65. The van der Waals surface area contributed by atoms with E-state index >= 15 is 0 Å². The van der Waals surface area contributed by atoms with Gasteiger partial charge in [-0.2, -0.15) is 0 Å². The first-order valence-corrected chi connectivity index (χ1v) is 6.83. The Morgan fingerprint density at radius 1 is 1.11 bits per heavy atom. The summed E-state index contributed by atoms with van der Waals surface area (Å²) in [5.74, 6) is 5.64. The summed E-state index contributed by atoms with van der Waals surface area (Å²) in [6.07, 6.45) is 0. The summed E-state index contributed by atoms with van der Waals surface area (Å²) in [6.45, 7) is -0.218. The standard InChI is InChI=1S/C16H13FOS/c17-15-10-13(5-4-8-18)9-14(11-15)12-19-16-6-2-1-3-7-16/h1-3,6-7,9-11,18H,8,12H2. The molecule has 1 N–H and O–H groups in total. The molecule has 2 aromatic carbocycles. The molecule has 0 unspecified atom stereocenters. The summed E-state index contributed by atoms with van der Waals surface area (Å²) in [6, 6.07) is 14.7. The Morgan fingerprint density at radius 3 is 2.63 bits per heavy atom. The van der Waals surface area contributed by atoms with Gasteiger partial charge in [-0.1, -0.05) is 30.0 Å². The van der Waals surface area contributed by atoms with Crippen molar-refractivity contribution in [3.63, 3.8) is 0 Å². The normalized spacial score (nSPS) is 9.79. The molecule has 0 aliphatic rings. The van der Waals surface area contributed by atoms with Crippen LogP contribution in [0.25, 0.3) is 0 Å². The van der Waals surface area contributed by atoms with E-state index in [1.54, 1.807) is 11.8 Å². The first kappa shape index (κ1) is 13.7. The van der Waals surface area contributed by atoms with Crippen LogP contribution in [0, 0.1) is 17.7 Å². The van der Waals surface area contributed by atoms with E-state index in [0.29, 0.717) is 11.3 Å². The Morgan fingerprint density at radius 2 is 1.89 bits per heavy atom. The highest BCUT2D eigenvalue weighted by Crippen LogP contribution is 2.23. The van der Waals surface area contributed by atoms with E-state index in [9.17, 15) is 4.39 Å². The van der Waals surface area contributed by atoms with Crippen LogP contribution in [0.2, 0.25) is 0 Å². The number of thioether (sulfide) groups is 1. The van der Waals surface area contributed by atoms with E-state index in [0.717, 1.165) is 10.5 Å². The third-order valence-corrected chi connectivity index (χ3v) is 3.50. The van der Waals surface area contributed by atoms with Gasteiger partial charge in [0.1, 0.15) is 12.4 Å². The number of halogens is 1. The molecule has 19 heavy (non-hydrogen) atoms. The second-order valence-electron chi connectivity index (χ2n) is 3.91. The summed E-state index contributed by atoms with van der Waals surface area (Å²) in [7, 11) is 0. The van der Waals surface area contributed by atoms with Gasteiger partial charge in [-0.15, -0.1) is 11.8 Å². The van der Waals surface area contributed by atoms with Crippen LogP contribution in [0.3, 0.4) is 0 Å². The molecule has 0 amide bonds. The quantitative estimate of drug-likeness (QED) is 0.682. The highest BCUT2D eigenvalue weighted by molar-refractivity contribution is 7.98. The molecule has 0 bridgehead atoms. The molecule has 2 aromatic rings. The molecule has 0 saturated heterocycles. The summed E-state index contributed by atoms with van der Waals surface area (Å²) < 4.78 is 13.4. The Hall–Kier alpha value is -1.76. The topological polar surface area (TPSA) is 20.2 Å². The zero-order valence-corrected chi connectivity index (χ0v) is 11.1. The minimum absolute atomic E-state index is 0.218. The van der Waals surface area contributed by atoms with Gasteiger partial charge in [-0.25, -0.2) is 4.39 Å². The van der Waals surface area contributed by atoms with Gasteiger partial charge >= 0.3 is 0 Å². The van der Waals surface area contributed by atoms with Crippen molar-refractivity contribution in [3.8, 4) is 11.8 Å². The van der Waals surface area contributed by atoms with Gasteiger partial charge in [-0.3, -0.25) is 0 Å². The number of aliphatic hydroxyl groups excluding tert-OH is 1. The molecule has 0 radical (unpaired) electrons. The van der Waals surface area contributed by atoms with Crippen LogP contribution >= 0.6 is 11.8 Å². The van der Waals surface area contributed by atoms with Crippen LogP contribution in [0.4, 0.5) is 4.39 Å². The highest BCUT2D eigenvalue weighted by atomic mass is 32.2. The molecule has 3 heteroatoms. The van der Waals surface area contributed by atoms with Crippen molar-refractivity contribution in [3.05, 3.63) is 65.5 Å². The fourth-order valence-electron chi connectivity index (χ4n) is 1.63. The Kier molecular flexibility index (Phi) is 5.02. The predicted molar refractivity (Wildman–Crippen MR) is 76.4 cm³/mol. The summed E-state index contributed by atoms with van der Waals surface area (Å²) >= 11 is 1.65. The first-order chi connectivity index (χ1) is 9.28. The maximum Gasteiger partial charge on any atom is 0.124 e. The molecule has 0 heterocycles. The van der Waals surface area contributed by atoms with Gasteiger partial charge in [-0.05, 0) is 35.9 Å². The van der Waals surface area contributed by atoms with Crippen LogP contribution in [0.1, 0.15) is 11.1 Å². The fourth-order valence-corrected chi connectivity index (χ4v) is 2.48. The monoisotopic (exact) mass is 272 g/mol.